The standard InChI is InChI=1S/C19H23ClFN3O2/c1-12(11-24-8-3-4-9-24)10-22-19(25)16-13(2)26-23-18(16)17-14(20)6-5-7-15(17)21/h5-7,12H,3-4,8-11H2,1-2H3,(H,22,25). The molecule has 0 saturated carbocycles. The van der Waals surface area contributed by atoms with Crippen molar-refractivity contribution in [1.29, 1.82) is 0 Å². The van der Waals surface area contributed by atoms with E-state index in [-0.39, 0.29) is 27.8 Å². The Bertz CT molecular complexity index is 767. The van der Waals surface area contributed by atoms with E-state index in [0.717, 1.165) is 19.6 Å². The van der Waals surface area contributed by atoms with E-state index in [9.17, 15) is 9.18 Å². The molecule has 1 atom stereocenters. The van der Waals surface area contributed by atoms with E-state index >= 15 is 0 Å². The first-order chi connectivity index (χ1) is 12.5. The smallest absolute Gasteiger partial charge is 0.257 e. The second kappa shape index (κ2) is 8.18. The van der Waals surface area contributed by atoms with Gasteiger partial charge in [0.25, 0.3) is 5.91 Å². The second-order valence-electron chi connectivity index (χ2n) is 6.88. The van der Waals surface area contributed by atoms with Crippen LogP contribution >= 0.6 is 11.6 Å². The molecule has 0 radical (unpaired) electrons. The van der Waals surface area contributed by atoms with Crippen molar-refractivity contribution in [3.8, 4) is 11.3 Å². The first kappa shape index (κ1) is 18.9. The molecule has 0 spiro atoms. The Kier molecular flexibility index (Phi) is 5.94. The Morgan fingerprint density at radius 1 is 1.42 bits per heavy atom. The van der Waals surface area contributed by atoms with Gasteiger partial charge in [0.1, 0.15) is 22.8 Å². The summed E-state index contributed by atoms with van der Waals surface area (Å²) in [6.45, 7) is 7.47. The van der Waals surface area contributed by atoms with Gasteiger partial charge in [0.05, 0.1) is 10.6 Å². The predicted molar refractivity (Wildman–Crippen MR) is 98.8 cm³/mol. The molecular formula is C19H23ClFN3O2. The number of likely N-dealkylation sites (tertiary alicyclic amines) is 1. The number of amides is 1. The van der Waals surface area contributed by atoms with Crippen LogP contribution in [0.25, 0.3) is 11.3 Å². The lowest BCUT2D eigenvalue weighted by atomic mass is 10.0. The van der Waals surface area contributed by atoms with Crippen molar-refractivity contribution < 1.29 is 13.7 Å². The van der Waals surface area contributed by atoms with Gasteiger partial charge in [-0.05, 0) is 50.9 Å². The minimum atomic E-state index is -0.540. The highest BCUT2D eigenvalue weighted by atomic mass is 35.5. The molecule has 140 valence electrons. The Morgan fingerprint density at radius 2 is 2.15 bits per heavy atom. The fraction of sp³-hybridized carbons (Fsp3) is 0.474. The number of rotatable bonds is 6. The molecule has 26 heavy (non-hydrogen) atoms. The second-order valence-corrected chi connectivity index (χ2v) is 7.29. The van der Waals surface area contributed by atoms with Gasteiger partial charge >= 0.3 is 0 Å². The van der Waals surface area contributed by atoms with E-state index in [4.69, 9.17) is 16.1 Å². The molecule has 7 heteroatoms. The first-order valence-corrected chi connectivity index (χ1v) is 9.26. The van der Waals surface area contributed by atoms with E-state index in [1.165, 1.54) is 25.0 Å². The fourth-order valence-corrected chi connectivity index (χ4v) is 3.61. The van der Waals surface area contributed by atoms with Crippen LogP contribution in [0.1, 0.15) is 35.9 Å². The number of aromatic nitrogens is 1. The van der Waals surface area contributed by atoms with E-state index in [1.54, 1.807) is 13.0 Å². The molecule has 5 nitrogen and oxygen atoms in total. The Labute approximate surface area is 157 Å². The van der Waals surface area contributed by atoms with Gasteiger partial charge in [-0.15, -0.1) is 0 Å². The maximum absolute atomic E-state index is 14.2. The number of nitrogens with one attached hydrogen (secondary N) is 1. The minimum Gasteiger partial charge on any atom is -0.360 e. The summed E-state index contributed by atoms with van der Waals surface area (Å²) in [6.07, 6.45) is 2.48. The zero-order valence-corrected chi connectivity index (χ0v) is 15.8. The van der Waals surface area contributed by atoms with Crippen LogP contribution in [0.4, 0.5) is 4.39 Å². The highest BCUT2D eigenvalue weighted by molar-refractivity contribution is 6.33. The molecule has 3 rings (SSSR count). The topological polar surface area (TPSA) is 58.4 Å². The summed E-state index contributed by atoms with van der Waals surface area (Å²) in [4.78, 5) is 15.1. The molecule has 2 heterocycles. The molecule has 1 aliphatic rings. The lowest BCUT2D eigenvalue weighted by molar-refractivity contribution is 0.0944. The maximum atomic E-state index is 14.2. The summed E-state index contributed by atoms with van der Waals surface area (Å²) >= 11 is 6.11. The molecular weight excluding hydrogens is 357 g/mol. The van der Waals surface area contributed by atoms with E-state index in [0.29, 0.717) is 18.2 Å². The van der Waals surface area contributed by atoms with Crippen molar-refractivity contribution in [2.45, 2.75) is 26.7 Å². The van der Waals surface area contributed by atoms with Gasteiger partial charge in [-0.3, -0.25) is 4.79 Å². The largest absolute Gasteiger partial charge is 0.360 e. The molecule has 0 aliphatic carbocycles. The highest BCUT2D eigenvalue weighted by Gasteiger charge is 2.25. The van der Waals surface area contributed by atoms with Gasteiger partial charge in [0.2, 0.25) is 0 Å². The van der Waals surface area contributed by atoms with Crippen LogP contribution < -0.4 is 5.32 Å². The molecule has 1 amide bonds. The fourth-order valence-electron chi connectivity index (χ4n) is 3.36. The summed E-state index contributed by atoms with van der Waals surface area (Å²) in [5.74, 6) is -0.213. The molecule has 1 aromatic heterocycles. The lowest BCUT2D eigenvalue weighted by Gasteiger charge is -2.20. The van der Waals surface area contributed by atoms with Crippen molar-refractivity contribution in [2.75, 3.05) is 26.2 Å². The number of aryl methyl sites for hydroxylation is 1. The average Bonchev–Trinajstić information content (AvgIpc) is 3.23. The molecule has 1 fully saturated rings. The molecule has 2 aromatic rings. The average molecular weight is 380 g/mol. The van der Waals surface area contributed by atoms with Crippen LogP contribution in [0.2, 0.25) is 5.02 Å². The van der Waals surface area contributed by atoms with Crippen LogP contribution in [0.3, 0.4) is 0 Å². The van der Waals surface area contributed by atoms with Gasteiger partial charge in [-0.1, -0.05) is 29.7 Å². The number of hydrogen-bond acceptors (Lipinski definition) is 4. The maximum Gasteiger partial charge on any atom is 0.257 e. The predicted octanol–water partition coefficient (Wildman–Crippen LogP) is 3.90. The molecule has 1 saturated heterocycles. The normalized spacial score (nSPS) is 16.0. The summed E-state index contributed by atoms with van der Waals surface area (Å²) in [5, 5.41) is 6.98. The Balaban J connectivity index is 1.73. The SMILES string of the molecule is Cc1onc(-c2c(F)cccc2Cl)c1C(=O)NCC(C)CN1CCCC1. The van der Waals surface area contributed by atoms with Gasteiger partial charge in [-0.2, -0.15) is 0 Å². The number of carbonyl (C=O) groups is 1. The summed E-state index contributed by atoms with van der Waals surface area (Å²) < 4.78 is 19.4. The van der Waals surface area contributed by atoms with Gasteiger partial charge in [0, 0.05) is 13.1 Å². The van der Waals surface area contributed by atoms with Crippen molar-refractivity contribution >= 4 is 17.5 Å². The van der Waals surface area contributed by atoms with Crippen LogP contribution in [-0.2, 0) is 0 Å². The quantitative estimate of drug-likeness (QED) is 0.826. The number of carbonyl (C=O) groups excluding carboxylic acids is 1. The zero-order chi connectivity index (χ0) is 18.7. The third-order valence-electron chi connectivity index (χ3n) is 4.67. The van der Waals surface area contributed by atoms with Crippen molar-refractivity contribution in [3.05, 3.63) is 40.4 Å². The van der Waals surface area contributed by atoms with Crippen LogP contribution in [0, 0.1) is 18.7 Å². The third-order valence-corrected chi connectivity index (χ3v) is 4.98. The van der Waals surface area contributed by atoms with Crippen LogP contribution in [0.15, 0.2) is 22.7 Å². The number of benzene rings is 1. The third kappa shape index (κ3) is 4.07. The zero-order valence-electron chi connectivity index (χ0n) is 15.0. The summed E-state index contributed by atoms with van der Waals surface area (Å²) in [5.41, 5.74) is 0.446. The highest BCUT2D eigenvalue weighted by Crippen LogP contribution is 2.33. The van der Waals surface area contributed by atoms with Crippen LogP contribution in [0.5, 0.6) is 0 Å². The molecule has 1 N–H and O–H groups in total. The lowest BCUT2D eigenvalue weighted by Crippen LogP contribution is -2.34. The number of nitrogens with zero attached hydrogens (tertiary/aromatic N) is 2. The van der Waals surface area contributed by atoms with Crippen LogP contribution in [-0.4, -0.2) is 42.1 Å². The first-order valence-electron chi connectivity index (χ1n) is 8.88. The van der Waals surface area contributed by atoms with Crippen molar-refractivity contribution in [3.63, 3.8) is 0 Å². The van der Waals surface area contributed by atoms with E-state index in [1.807, 2.05) is 0 Å². The number of halogens is 2. The molecule has 1 unspecified atom stereocenters. The van der Waals surface area contributed by atoms with Crippen molar-refractivity contribution in [1.82, 2.24) is 15.4 Å². The minimum absolute atomic E-state index is 0.0845. The van der Waals surface area contributed by atoms with Crippen molar-refractivity contribution in [2.24, 2.45) is 5.92 Å². The summed E-state index contributed by atoms with van der Waals surface area (Å²) in [6, 6.07) is 4.35. The monoisotopic (exact) mass is 379 g/mol. The molecule has 1 aliphatic heterocycles. The van der Waals surface area contributed by atoms with Gasteiger partial charge < -0.3 is 14.7 Å². The molecule has 1 aromatic carbocycles. The Morgan fingerprint density at radius 3 is 2.85 bits per heavy atom. The molecule has 0 bridgehead atoms. The Hall–Kier alpha value is -1.92. The summed E-state index contributed by atoms with van der Waals surface area (Å²) in [7, 11) is 0. The van der Waals surface area contributed by atoms with Gasteiger partial charge in [-0.25, -0.2) is 4.39 Å². The number of hydrogen-bond donors (Lipinski definition) is 1. The van der Waals surface area contributed by atoms with E-state index < -0.39 is 5.82 Å². The van der Waals surface area contributed by atoms with Gasteiger partial charge in [0.15, 0.2) is 0 Å². The van der Waals surface area contributed by atoms with E-state index in [2.05, 4.69) is 22.3 Å².